The highest BCUT2D eigenvalue weighted by molar-refractivity contribution is 7.92. The van der Waals surface area contributed by atoms with Gasteiger partial charge in [-0.15, -0.1) is 0 Å². The molecule has 0 saturated heterocycles. The first kappa shape index (κ1) is 20.8. The molecular formula is C20H26N2O4S. The highest BCUT2D eigenvalue weighted by Gasteiger charge is 2.30. The summed E-state index contributed by atoms with van der Waals surface area (Å²) in [5.41, 5.74) is 3.04. The number of nitrogens with zero attached hydrogens (tertiary/aromatic N) is 1. The molecule has 0 saturated carbocycles. The number of anilines is 2. The molecule has 2 aromatic rings. The van der Waals surface area contributed by atoms with Gasteiger partial charge in [-0.3, -0.25) is 9.10 Å². The Hall–Kier alpha value is -2.54. The van der Waals surface area contributed by atoms with Crippen LogP contribution in [0.1, 0.15) is 25.0 Å². The van der Waals surface area contributed by atoms with E-state index in [1.165, 1.54) is 7.11 Å². The molecule has 1 atom stereocenters. The number of ether oxygens (including phenoxy) is 1. The first-order chi connectivity index (χ1) is 12.7. The quantitative estimate of drug-likeness (QED) is 0.787. The molecule has 27 heavy (non-hydrogen) atoms. The molecule has 1 amide bonds. The van der Waals surface area contributed by atoms with Gasteiger partial charge in [0.15, 0.2) is 0 Å². The minimum Gasteiger partial charge on any atom is -0.497 e. The Morgan fingerprint density at radius 3 is 2.48 bits per heavy atom. The number of amides is 1. The van der Waals surface area contributed by atoms with Gasteiger partial charge in [0.25, 0.3) is 0 Å². The van der Waals surface area contributed by atoms with Gasteiger partial charge in [-0.05, 0) is 43.5 Å². The average molecular weight is 391 g/mol. The lowest BCUT2D eigenvalue weighted by Gasteiger charge is -2.29. The number of rotatable bonds is 7. The fourth-order valence-electron chi connectivity index (χ4n) is 2.99. The highest BCUT2D eigenvalue weighted by Crippen LogP contribution is 2.27. The minimum absolute atomic E-state index is 0.375. The van der Waals surface area contributed by atoms with E-state index in [1.54, 1.807) is 31.2 Å². The number of sulfonamides is 1. The van der Waals surface area contributed by atoms with E-state index in [2.05, 4.69) is 5.32 Å². The van der Waals surface area contributed by atoms with E-state index in [0.29, 0.717) is 11.4 Å². The monoisotopic (exact) mass is 390 g/mol. The van der Waals surface area contributed by atoms with Crippen LogP contribution in [0.2, 0.25) is 0 Å². The van der Waals surface area contributed by atoms with Gasteiger partial charge in [-0.2, -0.15) is 0 Å². The summed E-state index contributed by atoms with van der Waals surface area (Å²) >= 11 is 0. The smallest absolute Gasteiger partial charge is 0.248 e. The van der Waals surface area contributed by atoms with Crippen LogP contribution in [0, 0.1) is 6.92 Å². The summed E-state index contributed by atoms with van der Waals surface area (Å²) in [5, 5.41) is 2.90. The van der Waals surface area contributed by atoms with Crippen LogP contribution >= 0.6 is 0 Å². The lowest BCUT2D eigenvalue weighted by Crippen LogP contribution is -2.45. The van der Waals surface area contributed by atoms with Crippen LogP contribution in [0.5, 0.6) is 5.75 Å². The number of carbonyl (C=O) groups is 1. The lowest BCUT2D eigenvalue weighted by atomic mass is 10.1. The van der Waals surface area contributed by atoms with Crippen LogP contribution < -0.4 is 14.4 Å². The molecule has 0 aliphatic carbocycles. The van der Waals surface area contributed by atoms with E-state index in [-0.39, 0.29) is 0 Å². The first-order valence-corrected chi connectivity index (χ1v) is 10.6. The zero-order valence-corrected chi connectivity index (χ0v) is 17.1. The molecule has 6 nitrogen and oxygen atoms in total. The summed E-state index contributed by atoms with van der Waals surface area (Å²) < 4.78 is 31.1. The molecule has 2 rings (SSSR count). The number of benzene rings is 2. The summed E-state index contributed by atoms with van der Waals surface area (Å²) in [6.07, 6.45) is 1.85. The normalized spacial score (nSPS) is 12.3. The van der Waals surface area contributed by atoms with Gasteiger partial charge in [-0.25, -0.2) is 8.42 Å². The standard InChI is InChI=1S/C20H26N2O4S/c1-6-16-10-7-9-14(2)19(16)21-20(23)15(3)22(27(5,24)25)17-11-8-12-18(13-17)26-4/h7-13,15H,6H2,1-5H3,(H,21,23)/t15-/m0/s1. The van der Waals surface area contributed by atoms with Crippen molar-refractivity contribution in [3.8, 4) is 5.75 Å². The van der Waals surface area contributed by atoms with Crippen LogP contribution in [0.25, 0.3) is 0 Å². The van der Waals surface area contributed by atoms with Crippen molar-refractivity contribution in [1.82, 2.24) is 0 Å². The second kappa shape index (κ2) is 8.43. The average Bonchev–Trinajstić information content (AvgIpc) is 2.62. The van der Waals surface area contributed by atoms with E-state index in [0.717, 1.165) is 33.8 Å². The molecule has 0 aromatic heterocycles. The lowest BCUT2D eigenvalue weighted by molar-refractivity contribution is -0.116. The van der Waals surface area contributed by atoms with E-state index >= 15 is 0 Å². The number of methoxy groups -OCH3 is 1. The third-order valence-electron chi connectivity index (χ3n) is 4.38. The molecule has 0 radical (unpaired) electrons. The Balaban J connectivity index is 2.39. The van der Waals surface area contributed by atoms with Gasteiger partial charge in [0.05, 0.1) is 19.1 Å². The number of para-hydroxylation sites is 1. The van der Waals surface area contributed by atoms with Crippen molar-refractivity contribution >= 4 is 27.3 Å². The number of aryl methyl sites for hydroxylation is 2. The Labute approximate surface area is 161 Å². The van der Waals surface area contributed by atoms with Crippen molar-refractivity contribution in [3.63, 3.8) is 0 Å². The molecule has 0 aliphatic heterocycles. The van der Waals surface area contributed by atoms with E-state index in [4.69, 9.17) is 4.74 Å². The Bertz CT molecular complexity index is 925. The number of hydrogen-bond donors (Lipinski definition) is 1. The second-order valence-electron chi connectivity index (χ2n) is 6.39. The summed E-state index contributed by atoms with van der Waals surface area (Å²) in [7, 11) is -2.18. The fourth-order valence-corrected chi connectivity index (χ4v) is 4.15. The molecule has 2 aromatic carbocycles. The zero-order chi connectivity index (χ0) is 20.2. The second-order valence-corrected chi connectivity index (χ2v) is 8.25. The van der Waals surface area contributed by atoms with Crippen molar-refractivity contribution < 1.29 is 17.9 Å². The largest absolute Gasteiger partial charge is 0.497 e. The van der Waals surface area contributed by atoms with Gasteiger partial charge >= 0.3 is 0 Å². The summed E-state index contributed by atoms with van der Waals surface area (Å²) in [6.45, 7) is 5.49. The summed E-state index contributed by atoms with van der Waals surface area (Å²) in [6, 6.07) is 11.5. The maximum atomic E-state index is 12.9. The Morgan fingerprint density at radius 2 is 1.89 bits per heavy atom. The van der Waals surface area contributed by atoms with E-state index < -0.39 is 22.0 Å². The van der Waals surface area contributed by atoms with Gasteiger partial charge in [0.2, 0.25) is 15.9 Å². The van der Waals surface area contributed by atoms with Crippen LogP contribution in [0.4, 0.5) is 11.4 Å². The molecule has 0 heterocycles. The predicted octanol–water partition coefficient (Wildman–Crippen LogP) is 3.36. The van der Waals surface area contributed by atoms with Crippen LogP contribution in [0.15, 0.2) is 42.5 Å². The molecule has 7 heteroatoms. The molecule has 0 fully saturated rings. The van der Waals surface area contributed by atoms with Gasteiger partial charge in [-0.1, -0.05) is 31.2 Å². The molecular weight excluding hydrogens is 364 g/mol. The van der Waals surface area contributed by atoms with Crippen molar-refractivity contribution in [1.29, 1.82) is 0 Å². The molecule has 0 aliphatic rings. The third-order valence-corrected chi connectivity index (χ3v) is 5.63. The Morgan fingerprint density at radius 1 is 1.22 bits per heavy atom. The number of carbonyl (C=O) groups excluding carboxylic acids is 1. The molecule has 0 spiro atoms. The molecule has 0 bridgehead atoms. The van der Waals surface area contributed by atoms with Gasteiger partial charge in [0, 0.05) is 11.8 Å². The SMILES string of the molecule is CCc1cccc(C)c1NC(=O)[C@H](C)N(c1cccc(OC)c1)S(C)(=O)=O. The van der Waals surface area contributed by atoms with Crippen molar-refractivity contribution in [3.05, 3.63) is 53.6 Å². The first-order valence-electron chi connectivity index (χ1n) is 8.71. The van der Waals surface area contributed by atoms with Gasteiger partial charge < -0.3 is 10.1 Å². The summed E-state index contributed by atoms with van der Waals surface area (Å²) in [4.78, 5) is 12.9. The Kier molecular flexibility index (Phi) is 6.49. The van der Waals surface area contributed by atoms with Crippen LogP contribution in [-0.4, -0.2) is 33.7 Å². The van der Waals surface area contributed by atoms with Crippen molar-refractivity contribution in [2.75, 3.05) is 23.0 Å². The molecule has 0 unspecified atom stereocenters. The maximum Gasteiger partial charge on any atom is 0.248 e. The van der Waals surface area contributed by atoms with Crippen LogP contribution in [0.3, 0.4) is 0 Å². The predicted molar refractivity (Wildman–Crippen MR) is 109 cm³/mol. The third kappa shape index (κ3) is 4.80. The summed E-state index contributed by atoms with van der Waals surface area (Å²) in [5.74, 6) is 0.119. The number of hydrogen-bond acceptors (Lipinski definition) is 4. The van der Waals surface area contributed by atoms with Crippen molar-refractivity contribution in [2.45, 2.75) is 33.2 Å². The fraction of sp³-hybridized carbons (Fsp3) is 0.350. The maximum absolute atomic E-state index is 12.9. The molecule has 146 valence electrons. The van der Waals surface area contributed by atoms with Crippen LogP contribution in [-0.2, 0) is 21.2 Å². The van der Waals surface area contributed by atoms with Crippen molar-refractivity contribution in [2.24, 2.45) is 0 Å². The zero-order valence-electron chi connectivity index (χ0n) is 16.3. The molecule has 1 N–H and O–H groups in total. The number of nitrogens with one attached hydrogen (secondary N) is 1. The van der Waals surface area contributed by atoms with E-state index in [9.17, 15) is 13.2 Å². The topological polar surface area (TPSA) is 75.7 Å². The minimum atomic E-state index is -3.69. The highest BCUT2D eigenvalue weighted by atomic mass is 32.2. The van der Waals surface area contributed by atoms with E-state index in [1.807, 2.05) is 32.0 Å². The van der Waals surface area contributed by atoms with Gasteiger partial charge in [0.1, 0.15) is 11.8 Å².